The van der Waals surface area contributed by atoms with Crippen LogP contribution in [0.2, 0.25) is 0 Å². The van der Waals surface area contributed by atoms with E-state index in [-0.39, 0.29) is 16.9 Å². The molecular formula is C11H20N4OS. The Bertz CT molecular complexity index is 374. The van der Waals surface area contributed by atoms with Gasteiger partial charge in [0.15, 0.2) is 0 Å². The van der Waals surface area contributed by atoms with Gasteiger partial charge in [-0.25, -0.2) is 4.68 Å². The summed E-state index contributed by atoms with van der Waals surface area (Å²) in [4.78, 5) is 0. The van der Waals surface area contributed by atoms with E-state index in [1.807, 2.05) is 4.68 Å². The number of hydrogen-bond donors (Lipinski definition) is 1. The lowest BCUT2D eigenvalue weighted by Gasteiger charge is -2.27. The summed E-state index contributed by atoms with van der Waals surface area (Å²) in [5, 5.41) is 22.8. The Labute approximate surface area is 106 Å². The first kappa shape index (κ1) is 12.8. The van der Waals surface area contributed by atoms with Gasteiger partial charge in [-0.3, -0.25) is 0 Å². The Morgan fingerprint density at radius 3 is 2.65 bits per heavy atom. The van der Waals surface area contributed by atoms with E-state index in [1.165, 1.54) is 6.42 Å². The standard InChI is InChI=1S/C11H20N4OS/c1-11(2,3)15-10(12-13-14-15)17-9-7-5-4-6-8(9)16/h8-9,16H,4-7H2,1-3H3. The molecule has 1 fully saturated rings. The Morgan fingerprint density at radius 1 is 1.29 bits per heavy atom. The summed E-state index contributed by atoms with van der Waals surface area (Å²) in [6, 6.07) is 0. The number of aromatic nitrogens is 4. The van der Waals surface area contributed by atoms with Gasteiger partial charge in [0.2, 0.25) is 5.16 Å². The summed E-state index contributed by atoms with van der Waals surface area (Å²) in [6.07, 6.45) is 4.03. The highest BCUT2D eigenvalue weighted by Gasteiger charge is 2.28. The van der Waals surface area contributed by atoms with Gasteiger partial charge in [0, 0.05) is 5.25 Å². The first-order valence-corrected chi connectivity index (χ1v) is 7.00. The molecule has 2 unspecified atom stereocenters. The molecule has 17 heavy (non-hydrogen) atoms. The number of nitrogens with zero attached hydrogens (tertiary/aromatic N) is 4. The van der Waals surface area contributed by atoms with Crippen molar-refractivity contribution in [3.63, 3.8) is 0 Å². The first-order valence-electron chi connectivity index (χ1n) is 6.12. The Kier molecular flexibility index (Phi) is 3.73. The highest BCUT2D eigenvalue weighted by Crippen LogP contribution is 2.33. The van der Waals surface area contributed by atoms with Crippen LogP contribution in [-0.4, -0.2) is 36.7 Å². The molecule has 1 aromatic heterocycles. The van der Waals surface area contributed by atoms with Crippen LogP contribution in [0.5, 0.6) is 0 Å². The van der Waals surface area contributed by atoms with Crippen molar-refractivity contribution in [3.8, 4) is 0 Å². The van der Waals surface area contributed by atoms with E-state index in [4.69, 9.17) is 0 Å². The third-order valence-electron chi connectivity index (χ3n) is 3.00. The third kappa shape index (κ3) is 2.98. The molecule has 1 aliphatic carbocycles. The summed E-state index contributed by atoms with van der Waals surface area (Å²) in [7, 11) is 0. The van der Waals surface area contributed by atoms with Crippen molar-refractivity contribution >= 4 is 11.8 Å². The van der Waals surface area contributed by atoms with Crippen LogP contribution < -0.4 is 0 Å². The Balaban J connectivity index is 2.10. The van der Waals surface area contributed by atoms with Crippen molar-refractivity contribution in [2.24, 2.45) is 0 Å². The molecule has 1 aliphatic rings. The molecule has 1 aromatic rings. The van der Waals surface area contributed by atoms with Crippen molar-refractivity contribution in [3.05, 3.63) is 0 Å². The van der Waals surface area contributed by atoms with Gasteiger partial charge in [-0.15, -0.1) is 5.10 Å². The van der Waals surface area contributed by atoms with Crippen molar-refractivity contribution < 1.29 is 5.11 Å². The van der Waals surface area contributed by atoms with E-state index in [9.17, 15) is 5.11 Å². The minimum atomic E-state index is -0.223. The lowest BCUT2D eigenvalue weighted by Crippen LogP contribution is -2.29. The van der Waals surface area contributed by atoms with Gasteiger partial charge in [0.1, 0.15) is 0 Å². The smallest absolute Gasteiger partial charge is 0.210 e. The quantitative estimate of drug-likeness (QED) is 0.874. The predicted octanol–water partition coefficient (Wildman–Crippen LogP) is 1.82. The Morgan fingerprint density at radius 2 is 2.00 bits per heavy atom. The van der Waals surface area contributed by atoms with E-state index in [2.05, 4.69) is 36.3 Å². The van der Waals surface area contributed by atoms with Gasteiger partial charge in [-0.05, 0) is 44.0 Å². The molecule has 0 amide bonds. The molecule has 0 saturated heterocycles. The van der Waals surface area contributed by atoms with Crippen LogP contribution in [-0.2, 0) is 5.54 Å². The molecule has 5 nitrogen and oxygen atoms in total. The molecule has 0 spiro atoms. The second-order valence-corrected chi connectivity index (χ2v) is 6.76. The topological polar surface area (TPSA) is 63.8 Å². The maximum atomic E-state index is 9.96. The minimum absolute atomic E-state index is 0.120. The molecule has 0 bridgehead atoms. The average molecular weight is 256 g/mol. The van der Waals surface area contributed by atoms with Crippen LogP contribution >= 0.6 is 11.8 Å². The highest BCUT2D eigenvalue weighted by atomic mass is 32.2. The fourth-order valence-corrected chi connectivity index (χ4v) is 3.37. The van der Waals surface area contributed by atoms with Crippen LogP contribution in [0, 0.1) is 0 Å². The number of aliphatic hydroxyl groups is 1. The van der Waals surface area contributed by atoms with E-state index in [0.29, 0.717) is 0 Å². The number of hydrogen-bond acceptors (Lipinski definition) is 5. The maximum absolute atomic E-state index is 9.96. The second-order valence-electron chi connectivity index (χ2n) is 5.55. The van der Waals surface area contributed by atoms with Crippen LogP contribution in [0.15, 0.2) is 5.16 Å². The highest BCUT2D eigenvalue weighted by molar-refractivity contribution is 7.99. The van der Waals surface area contributed by atoms with Gasteiger partial charge < -0.3 is 5.11 Å². The molecule has 2 rings (SSSR count). The second kappa shape index (κ2) is 4.94. The largest absolute Gasteiger partial charge is 0.392 e. The zero-order valence-electron chi connectivity index (χ0n) is 10.6. The lowest BCUT2D eigenvalue weighted by molar-refractivity contribution is 0.136. The molecule has 96 valence electrons. The van der Waals surface area contributed by atoms with Crippen LogP contribution in [0.3, 0.4) is 0 Å². The van der Waals surface area contributed by atoms with Crippen LogP contribution in [0.4, 0.5) is 0 Å². The van der Waals surface area contributed by atoms with E-state index in [0.717, 1.165) is 24.4 Å². The van der Waals surface area contributed by atoms with Crippen LogP contribution in [0.1, 0.15) is 46.5 Å². The zero-order chi connectivity index (χ0) is 12.5. The van der Waals surface area contributed by atoms with Gasteiger partial charge in [0.05, 0.1) is 11.6 Å². The first-order chi connectivity index (χ1) is 7.98. The zero-order valence-corrected chi connectivity index (χ0v) is 11.4. The fraction of sp³-hybridized carbons (Fsp3) is 0.909. The summed E-state index contributed by atoms with van der Waals surface area (Å²) >= 11 is 1.61. The number of rotatable bonds is 2. The van der Waals surface area contributed by atoms with E-state index in [1.54, 1.807) is 11.8 Å². The van der Waals surface area contributed by atoms with E-state index < -0.39 is 0 Å². The van der Waals surface area contributed by atoms with E-state index >= 15 is 0 Å². The SMILES string of the molecule is CC(C)(C)n1nnnc1SC1CCCCC1O. The van der Waals surface area contributed by atoms with Gasteiger partial charge >= 0.3 is 0 Å². The molecule has 6 heteroatoms. The van der Waals surface area contributed by atoms with Crippen molar-refractivity contribution in [2.45, 2.75) is 68.5 Å². The van der Waals surface area contributed by atoms with Gasteiger partial charge in [-0.2, -0.15) is 0 Å². The summed E-state index contributed by atoms with van der Waals surface area (Å²) in [5.41, 5.74) is -0.120. The molecule has 0 aliphatic heterocycles. The lowest BCUT2D eigenvalue weighted by atomic mass is 9.97. The van der Waals surface area contributed by atoms with Crippen LogP contribution in [0.25, 0.3) is 0 Å². The van der Waals surface area contributed by atoms with Crippen molar-refractivity contribution in [1.82, 2.24) is 20.2 Å². The molecule has 0 aromatic carbocycles. The predicted molar refractivity (Wildman–Crippen MR) is 66.9 cm³/mol. The summed E-state index contributed by atoms with van der Waals surface area (Å²) in [5.74, 6) is 0. The number of tetrazole rings is 1. The minimum Gasteiger partial charge on any atom is -0.392 e. The van der Waals surface area contributed by atoms with Crippen molar-refractivity contribution in [2.75, 3.05) is 0 Å². The molecule has 1 heterocycles. The number of thioether (sulfide) groups is 1. The third-order valence-corrected chi connectivity index (χ3v) is 4.32. The average Bonchev–Trinajstić information content (AvgIpc) is 2.69. The van der Waals surface area contributed by atoms with Gasteiger partial charge in [-0.1, -0.05) is 24.6 Å². The fourth-order valence-electron chi connectivity index (χ4n) is 2.02. The molecular weight excluding hydrogens is 236 g/mol. The molecule has 1 N–H and O–H groups in total. The van der Waals surface area contributed by atoms with Crippen molar-refractivity contribution in [1.29, 1.82) is 0 Å². The molecule has 1 saturated carbocycles. The summed E-state index contributed by atoms with van der Waals surface area (Å²) < 4.78 is 1.83. The molecule has 0 radical (unpaired) electrons. The number of aliphatic hydroxyl groups excluding tert-OH is 1. The van der Waals surface area contributed by atoms with Gasteiger partial charge in [0.25, 0.3) is 0 Å². The maximum Gasteiger partial charge on any atom is 0.210 e. The Hall–Kier alpha value is -0.620. The molecule has 2 atom stereocenters. The monoisotopic (exact) mass is 256 g/mol. The summed E-state index contributed by atoms with van der Waals surface area (Å²) in [6.45, 7) is 6.22. The normalized spacial score (nSPS) is 26.1.